The van der Waals surface area contributed by atoms with E-state index in [0.29, 0.717) is 13.1 Å². The molecule has 112 valence electrons. The lowest BCUT2D eigenvalue weighted by Gasteiger charge is -2.26. The highest BCUT2D eigenvalue weighted by atomic mass is 16.2. The molecule has 0 bridgehead atoms. The molecule has 0 atom stereocenters. The Morgan fingerprint density at radius 2 is 1.57 bits per heavy atom. The first kappa shape index (κ1) is 14.1. The molecule has 2 amide bonds. The maximum Gasteiger partial charge on any atom is 0.233 e. The number of rotatable bonds is 2. The Morgan fingerprint density at radius 3 is 2.19 bits per heavy atom. The van der Waals surface area contributed by atoms with Crippen LogP contribution in [0.3, 0.4) is 0 Å². The number of hydrogen-bond acceptors (Lipinski definition) is 2. The summed E-state index contributed by atoms with van der Waals surface area (Å²) >= 11 is 0. The van der Waals surface area contributed by atoms with E-state index in [1.54, 1.807) is 6.92 Å². The molecule has 21 heavy (non-hydrogen) atoms. The van der Waals surface area contributed by atoms with Gasteiger partial charge in [-0.3, -0.25) is 9.59 Å². The lowest BCUT2D eigenvalue weighted by Crippen LogP contribution is -2.42. The van der Waals surface area contributed by atoms with Crippen molar-refractivity contribution >= 4 is 11.8 Å². The van der Waals surface area contributed by atoms with E-state index in [4.69, 9.17) is 0 Å². The monoisotopic (exact) mass is 286 g/mol. The van der Waals surface area contributed by atoms with Crippen molar-refractivity contribution < 1.29 is 9.59 Å². The molecular weight excluding hydrogens is 264 g/mol. The van der Waals surface area contributed by atoms with Crippen molar-refractivity contribution in [2.75, 3.05) is 26.2 Å². The van der Waals surface area contributed by atoms with Crippen molar-refractivity contribution in [3.8, 4) is 0 Å². The van der Waals surface area contributed by atoms with Gasteiger partial charge in [0.1, 0.15) is 0 Å². The van der Waals surface area contributed by atoms with Crippen LogP contribution in [0.15, 0.2) is 30.3 Å². The zero-order chi connectivity index (χ0) is 14.9. The van der Waals surface area contributed by atoms with E-state index >= 15 is 0 Å². The fraction of sp³-hybridized carbons (Fsp3) is 0.529. The molecule has 1 heterocycles. The van der Waals surface area contributed by atoms with E-state index in [2.05, 4.69) is 12.1 Å². The summed E-state index contributed by atoms with van der Waals surface area (Å²) in [7, 11) is 0. The molecule has 0 N–H and O–H groups in total. The summed E-state index contributed by atoms with van der Waals surface area (Å²) in [5.74, 6) is 0.354. The molecule has 1 aliphatic heterocycles. The van der Waals surface area contributed by atoms with E-state index in [9.17, 15) is 9.59 Å². The highest BCUT2D eigenvalue weighted by Gasteiger charge is 2.52. The normalized spacial score (nSPS) is 20.8. The van der Waals surface area contributed by atoms with Gasteiger partial charge in [0.05, 0.1) is 5.41 Å². The van der Waals surface area contributed by atoms with Crippen LogP contribution in [0.5, 0.6) is 0 Å². The molecule has 0 spiro atoms. The van der Waals surface area contributed by atoms with Crippen LogP contribution in [0, 0.1) is 0 Å². The van der Waals surface area contributed by atoms with Crippen LogP contribution < -0.4 is 0 Å². The zero-order valence-corrected chi connectivity index (χ0v) is 12.5. The van der Waals surface area contributed by atoms with Crippen molar-refractivity contribution in [1.82, 2.24) is 9.80 Å². The minimum Gasteiger partial charge on any atom is -0.341 e. The van der Waals surface area contributed by atoms with Gasteiger partial charge in [-0.05, 0) is 24.8 Å². The Labute approximate surface area is 125 Å². The second kappa shape index (κ2) is 5.51. The van der Waals surface area contributed by atoms with Crippen LogP contribution in [-0.4, -0.2) is 47.8 Å². The van der Waals surface area contributed by atoms with Crippen molar-refractivity contribution in [3.05, 3.63) is 35.9 Å². The number of carbonyl (C=O) groups is 2. The summed E-state index contributed by atoms with van der Waals surface area (Å²) < 4.78 is 0. The Kier molecular flexibility index (Phi) is 3.70. The topological polar surface area (TPSA) is 40.6 Å². The van der Waals surface area contributed by atoms with Gasteiger partial charge in [-0.1, -0.05) is 30.3 Å². The Balaban J connectivity index is 1.72. The number of nitrogens with zero attached hydrogens (tertiary/aromatic N) is 2. The minimum atomic E-state index is -0.285. The lowest BCUT2D eigenvalue weighted by molar-refractivity contribution is -0.134. The van der Waals surface area contributed by atoms with E-state index in [0.717, 1.165) is 37.9 Å². The largest absolute Gasteiger partial charge is 0.341 e. The summed E-state index contributed by atoms with van der Waals surface area (Å²) in [6.07, 6.45) is 2.77. The van der Waals surface area contributed by atoms with Gasteiger partial charge in [0, 0.05) is 33.1 Å². The maximum atomic E-state index is 12.9. The van der Waals surface area contributed by atoms with Crippen LogP contribution in [-0.2, 0) is 15.0 Å². The average molecular weight is 286 g/mol. The SMILES string of the molecule is CC(=O)N1CCCN(C(=O)C2(c3ccccc3)CC2)CC1. The molecule has 0 unspecified atom stereocenters. The fourth-order valence-electron chi connectivity index (χ4n) is 3.25. The van der Waals surface area contributed by atoms with Crippen LogP contribution in [0.25, 0.3) is 0 Å². The van der Waals surface area contributed by atoms with Crippen molar-refractivity contribution in [2.24, 2.45) is 0 Å². The van der Waals surface area contributed by atoms with Gasteiger partial charge in [-0.2, -0.15) is 0 Å². The van der Waals surface area contributed by atoms with E-state index < -0.39 is 0 Å². The molecule has 1 saturated carbocycles. The third kappa shape index (κ3) is 2.67. The van der Waals surface area contributed by atoms with Crippen LogP contribution in [0.2, 0.25) is 0 Å². The number of hydrogen-bond donors (Lipinski definition) is 0. The molecule has 4 nitrogen and oxygen atoms in total. The molecule has 0 aromatic heterocycles. The molecule has 3 rings (SSSR count). The molecular formula is C17H22N2O2. The van der Waals surface area contributed by atoms with Crippen molar-refractivity contribution in [2.45, 2.75) is 31.6 Å². The average Bonchev–Trinajstić information content (AvgIpc) is 3.32. The molecule has 1 aliphatic carbocycles. The Hall–Kier alpha value is -1.84. The Morgan fingerprint density at radius 1 is 0.952 bits per heavy atom. The summed E-state index contributed by atoms with van der Waals surface area (Å²) in [6.45, 7) is 4.44. The smallest absolute Gasteiger partial charge is 0.233 e. The third-order valence-electron chi connectivity index (χ3n) is 4.71. The molecule has 1 aromatic rings. The lowest BCUT2D eigenvalue weighted by atomic mass is 9.94. The minimum absolute atomic E-state index is 0.105. The number of benzene rings is 1. The molecule has 0 radical (unpaired) electrons. The first-order chi connectivity index (χ1) is 10.1. The highest BCUT2D eigenvalue weighted by Crippen LogP contribution is 2.49. The van der Waals surface area contributed by atoms with Crippen molar-refractivity contribution in [1.29, 1.82) is 0 Å². The van der Waals surface area contributed by atoms with Gasteiger partial charge < -0.3 is 9.80 Å². The first-order valence-corrected chi connectivity index (χ1v) is 7.74. The standard InChI is InChI=1S/C17H22N2O2/c1-14(20)18-10-5-11-19(13-12-18)16(21)17(8-9-17)15-6-3-2-4-7-15/h2-4,6-7H,5,8-13H2,1H3. The maximum absolute atomic E-state index is 12.9. The molecule has 4 heteroatoms. The second-order valence-electron chi connectivity index (χ2n) is 6.10. The molecule has 2 fully saturated rings. The van der Waals surface area contributed by atoms with Crippen LogP contribution in [0.1, 0.15) is 31.7 Å². The van der Waals surface area contributed by atoms with Gasteiger partial charge in [0.15, 0.2) is 0 Å². The summed E-state index contributed by atoms with van der Waals surface area (Å²) in [5.41, 5.74) is 0.856. The van der Waals surface area contributed by atoms with Crippen molar-refractivity contribution in [3.63, 3.8) is 0 Å². The van der Waals surface area contributed by atoms with Crippen LogP contribution >= 0.6 is 0 Å². The highest BCUT2D eigenvalue weighted by molar-refractivity contribution is 5.91. The number of carbonyl (C=O) groups excluding carboxylic acids is 2. The zero-order valence-electron chi connectivity index (χ0n) is 12.5. The Bertz CT molecular complexity index is 537. The number of amides is 2. The molecule has 1 saturated heterocycles. The van der Waals surface area contributed by atoms with Gasteiger partial charge in [-0.15, -0.1) is 0 Å². The third-order valence-corrected chi connectivity index (χ3v) is 4.71. The van der Waals surface area contributed by atoms with Gasteiger partial charge in [-0.25, -0.2) is 0 Å². The molecule has 2 aliphatic rings. The second-order valence-corrected chi connectivity index (χ2v) is 6.10. The van der Waals surface area contributed by atoms with E-state index in [1.165, 1.54) is 0 Å². The fourth-order valence-corrected chi connectivity index (χ4v) is 3.25. The summed E-state index contributed by atoms with van der Waals surface area (Å²) in [6, 6.07) is 10.1. The quantitative estimate of drug-likeness (QED) is 0.832. The van der Waals surface area contributed by atoms with Gasteiger partial charge >= 0.3 is 0 Å². The van der Waals surface area contributed by atoms with E-state index in [1.807, 2.05) is 28.0 Å². The predicted octanol–water partition coefficient (Wildman–Crippen LogP) is 1.80. The first-order valence-electron chi connectivity index (χ1n) is 7.74. The van der Waals surface area contributed by atoms with E-state index in [-0.39, 0.29) is 17.2 Å². The summed E-state index contributed by atoms with van der Waals surface area (Å²) in [4.78, 5) is 28.2. The van der Waals surface area contributed by atoms with Gasteiger partial charge in [0.2, 0.25) is 11.8 Å². The predicted molar refractivity (Wildman–Crippen MR) is 80.8 cm³/mol. The summed E-state index contributed by atoms with van der Waals surface area (Å²) in [5, 5.41) is 0. The van der Waals surface area contributed by atoms with Gasteiger partial charge in [0.25, 0.3) is 0 Å². The molecule has 1 aromatic carbocycles. The van der Waals surface area contributed by atoms with Crippen LogP contribution in [0.4, 0.5) is 0 Å².